The Bertz CT molecular complexity index is 446. The third-order valence-corrected chi connectivity index (χ3v) is 2.17. The average Bonchev–Trinajstić information content (AvgIpc) is 2.69. The van der Waals surface area contributed by atoms with Crippen LogP contribution in [-0.2, 0) is 0 Å². The van der Waals surface area contributed by atoms with Gasteiger partial charge < -0.3 is 10.7 Å². The summed E-state index contributed by atoms with van der Waals surface area (Å²) >= 11 is 0. The first kappa shape index (κ1) is 9.86. The van der Waals surface area contributed by atoms with Gasteiger partial charge in [0.1, 0.15) is 5.82 Å². The van der Waals surface area contributed by atoms with Gasteiger partial charge >= 0.3 is 0 Å². The lowest BCUT2D eigenvalue weighted by molar-refractivity contribution is 0.735. The molecule has 0 saturated heterocycles. The molecule has 1 unspecified atom stereocenters. The first-order valence-electron chi connectivity index (χ1n) is 4.91. The minimum absolute atomic E-state index is 0.136. The zero-order valence-electron chi connectivity index (χ0n) is 8.86. The Morgan fingerprint density at radius 3 is 2.80 bits per heavy atom. The lowest BCUT2D eigenvalue weighted by Gasteiger charge is -2.07. The zero-order valence-corrected chi connectivity index (χ0v) is 8.86. The number of nitrogens with two attached hydrogens (primary N) is 1. The van der Waals surface area contributed by atoms with Crippen LogP contribution in [0.2, 0.25) is 0 Å². The number of nitrogens with zero attached hydrogens (tertiary/aromatic N) is 2. The van der Waals surface area contributed by atoms with Crippen molar-refractivity contribution in [1.29, 1.82) is 0 Å². The van der Waals surface area contributed by atoms with Gasteiger partial charge in [-0.25, -0.2) is 9.97 Å². The largest absolute Gasteiger partial charge is 0.367 e. The van der Waals surface area contributed by atoms with Crippen molar-refractivity contribution in [2.45, 2.75) is 19.9 Å². The highest BCUT2D eigenvalue weighted by atomic mass is 14.9. The van der Waals surface area contributed by atoms with Crippen LogP contribution in [0.4, 0.5) is 0 Å². The Morgan fingerprint density at radius 1 is 1.40 bits per heavy atom. The van der Waals surface area contributed by atoms with Gasteiger partial charge in [-0.15, -0.1) is 0 Å². The van der Waals surface area contributed by atoms with Gasteiger partial charge in [0.25, 0.3) is 0 Å². The van der Waals surface area contributed by atoms with Crippen LogP contribution in [0.1, 0.15) is 24.5 Å². The molecule has 0 aliphatic rings. The predicted molar refractivity (Wildman–Crippen MR) is 59.2 cm³/mol. The van der Waals surface area contributed by atoms with E-state index in [1.54, 1.807) is 0 Å². The number of nitrogens with one attached hydrogen (secondary N) is 1. The van der Waals surface area contributed by atoms with E-state index in [4.69, 9.17) is 5.73 Å². The van der Waals surface area contributed by atoms with Crippen molar-refractivity contribution >= 4 is 0 Å². The second-order valence-corrected chi connectivity index (χ2v) is 3.64. The highest BCUT2D eigenvalue weighted by molar-refractivity contribution is 5.58. The molecular formula is C11H14N4. The molecule has 4 heteroatoms. The van der Waals surface area contributed by atoms with E-state index in [0.29, 0.717) is 5.82 Å². The van der Waals surface area contributed by atoms with Crippen LogP contribution in [-0.4, -0.2) is 15.0 Å². The van der Waals surface area contributed by atoms with E-state index in [-0.39, 0.29) is 6.04 Å². The van der Waals surface area contributed by atoms with Crippen LogP contribution in [0.25, 0.3) is 11.3 Å². The molecule has 0 saturated carbocycles. The van der Waals surface area contributed by atoms with E-state index < -0.39 is 0 Å². The van der Waals surface area contributed by atoms with Crippen LogP contribution in [0, 0.1) is 6.92 Å². The van der Waals surface area contributed by atoms with E-state index in [1.807, 2.05) is 38.4 Å². The van der Waals surface area contributed by atoms with Crippen molar-refractivity contribution in [2.24, 2.45) is 5.73 Å². The molecule has 0 aromatic carbocycles. The lowest BCUT2D eigenvalue weighted by Crippen LogP contribution is -2.11. The summed E-state index contributed by atoms with van der Waals surface area (Å²) < 4.78 is 0. The quantitative estimate of drug-likeness (QED) is 0.780. The normalized spacial score (nSPS) is 12.7. The maximum absolute atomic E-state index is 5.77. The monoisotopic (exact) mass is 202 g/mol. The molecule has 0 bridgehead atoms. The molecule has 4 nitrogen and oxygen atoms in total. The lowest BCUT2D eigenvalue weighted by atomic mass is 10.2. The fourth-order valence-electron chi connectivity index (χ4n) is 1.43. The third-order valence-electron chi connectivity index (χ3n) is 2.17. The predicted octanol–water partition coefficient (Wildman–Crippen LogP) is 1.80. The van der Waals surface area contributed by atoms with Crippen LogP contribution in [0.15, 0.2) is 24.5 Å². The topological polar surface area (TPSA) is 67.6 Å². The van der Waals surface area contributed by atoms with Crippen LogP contribution in [0.5, 0.6) is 0 Å². The van der Waals surface area contributed by atoms with Gasteiger partial charge in [0, 0.05) is 23.7 Å². The first-order chi connectivity index (χ1) is 7.16. The molecule has 1 atom stereocenters. The smallest absolute Gasteiger partial charge is 0.145 e. The van der Waals surface area contributed by atoms with E-state index in [9.17, 15) is 0 Å². The number of hydrogen-bond donors (Lipinski definition) is 2. The second kappa shape index (κ2) is 3.82. The molecule has 0 aliphatic carbocycles. The molecule has 3 N–H and O–H groups in total. The SMILES string of the molecule is Cc1cc(-c2cc[nH]c2)nc(C(C)N)n1. The number of aromatic amines is 1. The number of hydrogen-bond acceptors (Lipinski definition) is 3. The number of aromatic nitrogens is 3. The van der Waals surface area contributed by atoms with Gasteiger partial charge in [-0.2, -0.15) is 0 Å². The van der Waals surface area contributed by atoms with Crippen molar-refractivity contribution in [2.75, 3.05) is 0 Å². The summed E-state index contributed by atoms with van der Waals surface area (Å²) in [5, 5.41) is 0. The van der Waals surface area contributed by atoms with Crippen molar-refractivity contribution in [3.8, 4) is 11.3 Å². The summed E-state index contributed by atoms with van der Waals surface area (Å²) in [7, 11) is 0. The molecule has 2 aromatic heterocycles. The second-order valence-electron chi connectivity index (χ2n) is 3.64. The zero-order chi connectivity index (χ0) is 10.8. The standard InChI is InChI=1S/C11H14N4/c1-7-5-10(9-3-4-13-6-9)15-11(14-7)8(2)12/h3-6,8,13H,12H2,1-2H3. The fraction of sp³-hybridized carbons (Fsp3) is 0.273. The maximum atomic E-state index is 5.77. The molecule has 0 spiro atoms. The highest BCUT2D eigenvalue weighted by Crippen LogP contribution is 2.18. The van der Waals surface area contributed by atoms with Crippen molar-refractivity contribution < 1.29 is 0 Å². The molecule has 2 rings (SSSR count). The summed E-state index contributed by atoms with van der Waals surface area (Å²) in [4.78, 5) is 11.7. The minimum atomic E-state index is -0.136. The van der Waals surface area contributed by atoms with Crippen LogP contribution >= 0.6 is 0 Å². The number of aryl methyl sites for hydroxylation is 1. The van der Waals surface area contributed by atoms with E-state index in [1.165, 1.54) is 0 Å². The summed E-state index contributed by atoms with van der Waals surface area (Å²) in [6.45, 7) is 3.83. The van der Waals surface area contributed by atoms with Crippen LogP contribution < -0.4 is 5.73 Å². The summed E-state index contributed by atoms with van der Waals surface area (Å²) in [5.41, 5.74) is 8.68. The summed E-state index contributed by atoms with van der Waals surface area (Å²) in [6.07, 6.45) is 3.78. The molecule has 2 aromatic rings. The Balaban J connectivity index is 2.49. The highest BCUT2D eigenvalue weighted by Gasteiger charge is 2.07. The van der Waals surface area contributed by atoms with E-state index >= 15 is 0 Å². The molecule has 0 amide bonds. The van der Waals surface area contributed by atoms with Gasteiger partial charge in [0.05, 0.1) is 11.7 Å². The maximum Gasteiger partial charge on any atom is 0.145 e. The van der Waals surface area contributed by atoms with Gasteiger partial charge in [-0.05, 0) is 26.0 Å². The number of rotatable bonds is 2. The van der Waals surface area contributed by atoms with Gasteiger partial charge in [0.2, 0.25) is 0 Å². The van der Waals surface area contributed by atoms with E-state index in [0.717, 1.165) is 17.0 Å². The molecule has 0 aliphatic heterocycles. The average molecular weight is 202 g/mol. The Kier molecular flexibility index (Phi) is 2.51. The Labute approximate surface area is 88.6 Å². The van der Waals surface area contributed by atoms with Gasteiger partial charge in [-0.3, -0.25) is 0 Å². The van der Waals surface area contributed by atoms with E-state index in [2.05, 4.69) is 15.0 Å². The third kappa shape index (κ3) is 2.05. The Morgan fingerprint density at radius 2 is 2.20 bits per heavy atom. The Hall–Kier alpha value is -1.68. The molecule has 2 heterocycles. The van der Waals surface area contributed by atoms with Crippen molar-refractivity contribution in [3.05, 3.63) is 36.0 Å². The van der Waals surface area contributed by atoms with Crippen molar-refractivity contribution in [3.63, 3.8) is 0 Å². The van der Waals surface area contributed by atoms with Gasteiger partial charge in [0.15, 0.2) is 0 Å². The fourth-order valence-corrected chi connectivity index (χ4v) is 1.43. The summed E-state index contributed by atoms with van der Waals surface area (Å²) in [6, 6.07) is 3.80. The molecule has 15 heavy (non-hydrogen) atoms. The minimum Gasteiger partial charge on any atom is -0.367 e. The molecule has 78 valence electrons. The van der Waals surface area contributed by atoms with Gasteiger partial charge in [-0.1, -0.05) is 0 Å². The molecule has 0 radical (unpaired) electrons. The molecule has 0 fully saturated rings. The van der Waals surface area contributed by atoms with Crippen molar-refractivity contribution in [1.82, 2.24) is 15.0 Å². The van der Waals surface area contributed by atoms with Crippen LogP contribution in [0.3, 0.4) is 0 Å². The molecular weight excluding hydrogens is 188 g/mol. The number of H-pyrrole nitrogens is 1. The summed E-state index contributed by atoms with van der Waals surface area (Å²) in [5.74, 6) is 0.686. The first-order valence-corrected chi connectivity index (χ1v) is 4.91.